The molecule has 1 saturated carbocycles. The highest BCUT2D eigenvalue weighted by atomic mass is 31.2. The molecule has 0 aromatic heterocycles. The molecular weight excluding hydrogens is 337 g/mol. The number of methoxy groups -OCH3 is 1. The lowest BCUT2D eigenvalue weighted by Gasteiger charge is -2.44. The van der Waals surface area contributed by atoms with Crippen LogP contribution in [0.25, 0.3) is 0 Å². The van der Waals surface area contributed by atoms with Crippen molar-refractivity contribution in [1.82, 2.24) is 0 Å². The van der Waals surface area contributed by atoms with Crippen LogP contribution in [0.3, 0.4) is 0 Å². The summed E-state index contributed by atoms with van der Waals surface area (Å²) in [6, 6.07) is 0. The van der Waals surface area contributed by atoms with Crippen molar-refractivity contribution >= 4 is 19.5 Å². The fraction of sp³-hybridized carbons (Fsp3) is 0.867. The van der Waals surface area contributed by atoms with Crippen LogP contribution in [0.15, 0.2) is 4.99 Å². The van der Waals surface area contributed by atoms with E-state index >= 15 is 0 Å². The van der Waals surface area contributed by atoms with Gasteiger partial charge in [0.1, 0.15) is 0 Å². The van der Waals surface area contributed by atoms with Crippen molar-refractivity contribution in [2.24, 2.45) is 16.3 Å². The van der Waals surface area contributed by atoms with E-state index in [9.17, 15) is 14.5 Å². The maximum atomic E-state index is 12.7. The molecule has 1 aliphatic carbocycles. The minimum Gasteiger partial charge on any atom is -0.481 e. The van der Waals surface area contributed by atoms with E-state index in [1.165, 1.54) is 21.3 Å². The topological polar surface area (TPSA) is 104 Å². The Morgan fingerprint density at radius 2 is 1.88 bits per heavy atom. The minimum atomic E-state index is -3.74. The lowest BCUT2D eigenvalue weighted by atomic mass is 9.76. The number of esters is 1. The molecule has 4 atom stereocenters. The molecule has 0 aromatic carbocycles. The average Bonchev–Trinajstić information content (AvgIpc) is 3.24. The summed E-state index contributed by atoms with van der Waals surface area (Å²) in [6.07, 6.45) is 0.191. The van der Waals surface area contributed by atoms with Crippen LogP contribution in [-0.2, 0) is 27.9 Å². The molecule has 1 fully saturated rings. The molecule has 1 N–H and O–H groups in total. The lowest BCUT2D eigenvalue weighted by Crippen LogP contribution is -2.57. The molecule has 1 aliphatic heterocycles. The van der Waals surface area contributed by atoms with Gasteiger partial charge in [-0.15, -0.1) is 0 Å². The summed E-state index contributed by atoms with van der Waals surface area (Å²) in [5.41, 5.74) is -2.78. The molecule has 9 heteroatoms. The molecule has 0 bridgehead atoms. The number of cyclic esters (lactones) is 1. The maximum Gasteiger partial charge on any atom is 0.358 e. The van der Waals surface area contributed by atoms with Gasteiger partial charge in [0.15, 0.2) is 17.0 Å². The molecule has 0 saturated heterocycles. The second-order valence-corrected chi connectivity index (χ2v) is 9.69. The fourth-order valence-corrected chi connectivity index (χ4v) is 4.24. The highest BCUT2D eigenvalue weighted by Gasteiger charge is 2.72. The van der Waals surface area contributed by atoms with Crippen LogP contribution in [0.5, 0.6) is 0 Å². The number of aliphatic hydroxyl groups excluding tert-OH is 1. The van der Waals surface area contributed by atoms with Crippen LogP contribution < -0.4 is 0 Å². The zero-order valence-corrected chi connectivity index (χ0v) is 16.0. The Balaban J connectivity index is 2.40. The highest BCUT2D eigenvalue weighted by Crippen LogP contribution is 2.64. The van der Waals surface area contributed by atoms with Crippen LogP contribution in [0.4, 0.5) is 0 Å². The molecule has 24 heavy (non-hydrogen) atoms. The van der Waals surface area contributed by atoms with Gasteiger partial charge in [0.2, 0.25) is 5.90 Å². The second kappa shape index (κ2) is 5.80. The van der Waals surface area contributed by atoms with Crippen LogP contribution in [0, 0.1) is 11.3 Å². The Morgan fingerprint density at radius 3 is 2.29 bits per heavy atom. The highest BCUT2D eigenvalue weighted by molar-refractivity contribution is 7.54. The average molecular weight is 363 g/mol. The molecule has 2 rings (SSSR count). The summed E-state index contributed by atoms with van der Waals surface area (Å²) < 4.78 is 33.1. The van der Waals surface area contributed by atoms with Gasteiger partial charge in [-0.2, -0.15) is 0 Å². The van der Waals surface area contributed by atoms with Gasteiger partial charge in [-0.3, -0.25) is 4.57 Å². The van der Waals surface area contributed by atoms with Gasteiger partial charge >= 0.3 is 13.6 Å². The monoisotopic (exact) mass is 363 g/mol. The Kier molecular flexibility index (Phi) is 4.68. The predicted octanol–water partition coefficient (Wildman–Crippen LogP) is 1.96. The van der Waals surface area contributed by atoms with Crippen LogP contribution in [-0.4, -0.2) is 55.3 Å². The van der Waals surface area contributed by atoms with E-state index in [4.69, 9.17) is 18.5 Å². The minimum absolute atomic E-state index is 0.191. The van der Waals surface area contributed by atoms with Gasteiger partial charge in [0.05, 0.1) is 7.11 Å². The standard InChI is InChI=1S/C15H26NO7P/c1-13(2,3)14(4)11(20-5)16-15(12(18)23-14)8-9(15)10(17)24(19,21-6)22-7/h9-10,17H,8H2,1-7H3/t9-,10?,14+,15-/m0/s1. The summed E-state index contributed by atoms with van der Waals surface area (Å²) in [4.78, 5) is 17.1. The number of hydrogen-bond acceptors (Lipinski definition) is 8. The molecule has 1 spiro atoms. The summed E-state index contributed by atoms with van der Waals surface area (Å²) >= 11 is 0. The Bertz CT molecular complexity index is 605. The van der Waals surface area contributed by atoms with Gasteiger partial charge in [-0.05, 0) is 13.3 Å². The number of rotatable bonds is 4. The smallest absolute Gasteiger partial charge is 0.358 e. The summed E-state index contributed by atoms with van der Waals surface area (Å²) in [7, 11) is 0.0824. The van der Waals surface area contributed by atoms with E-state index in [1.54, 1.807) is 6.92 Å². The van der Waals surface area contributed by atoms with Crippen molar-refractivity contribution in [3.63, 3.8) is 0 Å². The number of carbonyl (C=O) groups is 1. The van der Waals surface area contributed by atoms with Crippen molar-refractivity contribution in [2.75, 3.05) is 21.3 Å². The lowest BCUT2D eigenvalue weighted by molar-refractivity contribution is -0.168. The Hall–Kier alpha value is -0.950. The van der Waals surface area contributed by atoms with Gasteiger partial charge in [-0.25, -0.2) is 9.79 Å². The molecule has 2 aliphatic rings. The number of nitrogens with zero attached hydrogens (tertiary/aromatic N) is 1. The largest absolute Gasteiger partial charge is 0.481 e. The van der Waals surface area contributed by atoms with E-state index in [2.05, 4.69) is 4.99 Å². The first-order valence-electron chi connectivity index (χ1n) is 7.69. The van der Waals surface area contributed by atoms with Crippen LogP contribution in [0.2, 0.25) is 0 Å². The van der Waals surface area contributed by atoms with Crippen LogP contribution >= 0.6 is 7.60 Å². The van der Waals surface area contributed by atoms with Crippen molar-refractivity contribution in [3.05, 3.63) is 0 Å². The predicted molar refractivity (Wildman–Crippen MR) is 86.9 cm³/mol. The summed E-state index contributed by atoms with van der Waals surface area (Å²) in [5, 5.41) is 10.4. The van der Waals surface area contributed by atoms with Crippen LogP contribution in [0.1, 0.15) is 34.1 Å². The normalized spacial score (nSPS) is 34.6. The van der Waals surface area contributed by atoms with E-state index in [0.29, 0.717) is 0 Å². The van der Waals surface area contributed by atoms with Gasteiger partial charge < -0.3 is 23.6 Å². The van der Waals surface area contributed by atoms with Crippen molar-refractivity contribution < 1.29 is 33.0 Å². The maximum absolute atomic E-state index is 12.7. The van der Waals surface area contributed by atoms with Crippen molar-refractivity contribution in [3.8, 4) is 0 Å². The Morgan fingerprint density at radius 1 is 1.33 bits per heavy atom. The third kappa shape index (κ3) is 2.60. The molecule has 0 amide bonds. The number of aliphatic hydroxyl groups is 1. The van der Waals surface area contributed by atoms with E-state index in [1.807, 2.05) is 20.8 Å². The molecule has 1 heterocycles. The molecule has 1 unspecified atom stereocenters. The zero-order valence-electron chi connectivity index (χ0n) is 15.2. The number of hydrogen-bond donors (Lipinski definition) is 1. The number of carbonyl (C=O) groups excluding carboxylic acids is 1. The van der Waals surface area contributed by atoms with E-state index in [-0.39, 0.29) is 12.3 Å². The van der Waals surface area contributed by atoms with Crippen molar-refractivity contribution in [2.45, 2.75) is 51.1 Å². The number of ether oxygens (including phenoxy) is 2. The first-order valence-corrected chi connectivity index (χ1v) is 9.30. The van der Waals surface area contributed by atoms with Gasteiger partial charge in [0.25, 0.3) is 0 Å². The zero-order chi connectivity index (χ0) is 18.6. The Labute approximate surface area is 142 Å². The first kappa shape index (κ1) is 19.4. The van der Waals surface area contributed by atoms with Gasteiger partial charge in [-0.1, -0.05) is 20.8 Å². The molecule has 0 radical (unpaired) electrons. The van der Waals surface area contributed by atoms with E-state index < -0.39 is 41.9 Å². The van der Waals surface area contributed by atoms with Crippen molar-refractivity contribution in [1.29, 1.82) is 0 Å². The third-order valence-electron chi connectivity index (χ3n) is 5.16. The molecule has 138 valence electrons. The van der Waals surface area contributed by atoms with Gasteiger partial charge in [0, 0.05) is 25.6 Å². The third-order valence-corrected chi connectivity index (χ3v) is 7.19. The molecular formula is C15H26NO7P. The quantitative estimate of drug-likeness (QED) is 0.601. The second-order valence-electron chi connectivity index (χ2n) is 7.35. The fourth-order valence-electron chi connectivity index (χ4n) is 2.87. The van der Waals surface area contributed by atoms with E-state index in [0.717, 1.165) is 0 Å². The number of aliphatic imine (C=N–C) groups is 1. The SMILES string of the molecule is COC1=N[C@]2(C[C@H]2C(O)P(=O)(OC)OC)C(=O)O[C@@]1(C)C(C)(C)C. The molecule has 0 aromatic rings. The first-order chi connectivity index (χ1) is 10.9. The summed E-state index contributed by atoms with van der Waals surface area (Å²) in [5.74, 6) is -2.48. The molecule has 8 nitrogen and oxygen atoms in total. The summed E-state index contributed by atoms with van der Waals surface area (Å²) in [6.45, 7) is 7.48.